The maximum absolute atomic E-state index is 14.2. The molecule has 0 bridgehead atoms. The van der Waals surface area contributed by atoms with E-state index in [1.54, 1.807) is 25.1 Å². The van der Waals surface area contributed by atoms with Crippen molar-refractivity contribution in [2.75, 3.05) is 7.11 Å². The number of sulfone groups is 1. The van der Waals surface area contributed by atoms with Gasteiger partial charge in [-0.2, -0.15) is 13.2 Å². The highest BCUT2D eigenvalue weighted by Crippen LogP contribution is 2.49. The Morgan fingerprint density at radius 2 is 1.51 bits per heavy atom. The Morgan fingerprint density at radius 3 is 2.06 bits per heavy atom. The van der Waals surface area contributed by atoms with Gasteiger partial charge in [0.1, 0.15) is 10.7 Å². The van der Waals surface area contributed by atoms with Crippen LogP contribution in [0.5, 0.6) is 5.75 Å². The van der Waals surface area contributed by atoms with Gasteiger partial charge in [0.15, 0.2) is 6.10 Å². The second-order valence-electron chi connectivity index (χ2n) is 8.03. The van der Waals surface area contributed by atoms with Crippen LogP contribution in [-0.2, 0) is 14.6 Å². The number of aryl methyl sites for hydroxylation is 1. The van der Waals surface area contributed by atoms with E-state index >= 15 is 0 Å². The van der Waals surface area contributed by atoms with E-state index in [4.69, 9.17) is 9.47 Å². The number of carbonyl (C=O) groups is 1. The Bertz CT molecular complexity index is 1360. The van der Waals surface area contributed by atoms with Crippen LogP contribution in [0.1, 0.15) is 27.4 Å². The minimum absolute atomic E-state index is 0.103. The van der Waals surface area contributed by atoms with E-state index in [2.05, 4.69) is 0 Å². The van der Waals surface area contributed by atoms with Gasteiger partial charge in [-0.3, -0.25) is 4.79 Å². The summed E-state index contributed by atoms with van der Waals surface area (Å²) in [5, 5.41) is 0. The monoisotopic (exact) mass is 502 g/mol. The first-order valence-corrected chi connectivity index (χ1v) is 12.1. The maximum atomic E-state index is 14.2. The maximum Gasteiger partial charge on any atom is 0.450 e. The van der Waals surface area contributed by atoms with Gasteiger partial charge in [0.05, 0.1) is 17.9 Å². The lowest BCUT2D eigenvalue weighted by molar-refractivity contribution is -0.131. The fraction of sp³-hybridized carbons (Fsp3) is 0.192. The fourth-order valence-corrected chi connectivity index (χ4v) is 5.73. The molecular weight excluding hydrogens is 481 g/mol. The number of alkyl halides is 3. The van der Waals surface area contributed by atoms with Crippen LogP contribution in [-0.4, -0.2) is 33.6 Å². The number of hydrogen-bond donors (Lipinski definition) is 0. The molecule has 0 spiro atoms. The lowest BCUT2D eigenvalue weighted by Crippen LogP contribution is -2.29. The number of benzene rings is 3. The van der Waals surface area contributed by atoms with E-state index < -0.39 is 44.5 Å². The molecule has 1 aliphatic heterocycles. The fourth-order valence-electron chi connectivity index (χ4n) is 3.98. The van der Waals surface area contributed by atoms with Crippen molar-refractivity contribution in [2.45, 2.75) is 30.0 Å². The molecule has 0 N–H and O–H groups in total. The van der Waals surface area contributed by atoms with Crippen molar-refractivity contribution in [1.29, 1.82) is 0 Å². The number of allylic oxidation sites excluding steroid dienone is 1. The molecule has 3 aromatic rings. The summed E-state index contributed by atoms with van der Waals surface area (Å²) in [5.41, 5.74) is 1.01. The van der Waals surface area contributed by atoms with E-state index in [1.807, 2.05) is 0 Å². The standard InChI is InChI=1S/C26H21F3O5S/c1-16-8-14-20(15-9-16)35(31,32)24-21(17-10-12-19(33-2)13-11-17)23(34-25(24)26(27,28)29)22(30)18-6-4-3-5-7-18/h3-15,21,23H,1-2H3/t21-,23+/m1/s1. The average Bonchev–Trinajstić information content (AvgIpc) is 3.27. The Labute approximate surface area is 200 Å². The van der Waals surface area contributed by atoms with Crippen LogP contribution in [0.4, 0.5) is 13.2 Å². The van der Waals surface area contributed by atoms with Crippen molar-refractivity contribution in [1.82, 2.24) is 0 Å². The molecule has 2 atom stereocenters. The zero-order valence-corrected chi connectivity index (χ0v) is 19.6. The molecule has 0 aliphatic carbocycles. The summed E-state index contributed by atoms with van der Waals surface area (Å²) >= 11 is 0. The molecule has 0 saturated heterocycles. The molecular formula is C26H21F3O5S. The van der Waals surface area contributed by atoms with Gasteiger partial charge in [0, 0.05) is 5.56 Å². The van der Waals surface area contributed by atoms with Gasteiger partial charge in [0.2, 0.25) is 21.4 Å². The second kappa shape index (κ2) is 9.22. The van der Waals surface area contributed by atoms with Crippen molar-refractivity contribution in [3.63, 3.8) is 0 Å². The summed E-state index contributed by atoms with van der Waals surface area (Å²) < 4.78 is 80.2. The number of carbonyl (C=O) groups excluding carboxylic acids is 1. The van der Waals surface area contributed by atoms with Crippen molar-refractivity contribution >= 4 is 15.6 Å². The van der Waals surface area contributed by atoms with Gasteiger partial charge in [-0.25, -0.2) is 8.42 Å². The number of Topliss-reactive ketones (excluding diaryl/α,β-unsaturated/α-hetero) is 1. The highest BCUT2D eigenvalue weighted by atomic mass is 32.2. The molecule has 5 nitrogen and oxygen atoms in total. The Balaban J connectivity index is 1.95. The van der Waals surface area contributed by atoms with E-state index in [-0.39, 0.29) is 16.0 Å². The van der Waals surface area contributed by atoms with Crippen LogP contribution in [0.25, 0.3) is 0 Å². The second-order valence-corrected chi connectivity index (χ2v) is 9.95. The lowest BCUT2D eigenvalue weighted by Gasteiger charge is -2.21. The van der Waals surface area contributed by atoms with Gasteiger partial charge < -0.3 is 9.47 Å². The Morgan fingerprint density at radius 1 is 0.914 bits per heavy atom. The zero-order chi connectivity index (χ0) is 25.4. The van der Waals surface area contributed by atoms with Gasteiger partial charge in [0.25, 0.3) is 0 Å². The quantitative estimate of drug-likeness (QED) is 0.410. The highest BCUT2D eigenvalue weighted by Gasteiger charge is 2.55. The Kier molecular flexibility index (Phi) is 6.46. The summed E-state index contributed by atoms with van der Waals surface area (Å²) in [4.78, 5) is 12.0. The van der Waals surface area contributed by atoms with Crippen LogP contribution in [0.15, 0.2) is 94.4 Å². The molecule has 0 fully saturated rings. The molecule has 1 heterocycles. The number of rotatable bonds is 6. The minimum Gasteiger partial charge on any atom is -0.497 e. The van der Waals surface area contributed by atoms with Gasteiger partial charge >= 0.3 is 6.18 Å². The van der Waals surface area contributed by atoms with Crippen LogP contribution < -0.4 is 4.74 Å². The molecule has 0 amide bonds. The molecule has 0 unspecified atom stereocenters. The zero-order valence-electron chi connectivity index (χ0n) is 18.7. The van der Waals surface area contributed by atoms with Crippen molar-refractivity contribution in [3.8, 4) is 5.75 Å². The first-order valence-electron chi connectivity index (χ1n) is 10.6. The topological polar surface area (TPSA) is 69.7 Å². The highest BCUT2D eigenvalue weighted by molar-refractivity contribution is 7.95. The van der Waals surface area contributed by atoms with Crippen LogP contribution >= 0.6 is 0 Å². The molecule has 3 aromatic carbocycles. The van der Waals surface area contributed by atoms with Gasteiger partial charge in [-0.05, 0) is 36.8 Å². The minimum atomic E-state index is -5.15. The predicted octanol–water partition coefficient (Wildman–Crippen LogP) is 5.62. The molecule has 182 valence electrons. The smallest absolute Gasteiger partial charge is 0.450 e. The summed E-state index contributed by atoms with van der Waals surface area (Å²) in [6.45, 7) is 1.73. The first kappa shape index (κ1) is 24.5. The number of halogens is 3. The van der Waals surface area contributed by atoms with Crippen molar-refractivity contribution in [2.24, 2.45) is 0 Å². The van der Waals surface area contributed by atoms with Crippen molar-refractivity contribution in [3.05, 3.63) is 106 Å². The Hall–Kier alpha value is -3.59. The van der Waals surface area contributed by atoms with E-state index in [0.717, 1.165) is 5.56 Å². The SMILES string of the molecule is COc1ccc([C@H]2C(S(=O)(=O)c3ccc(C)cc3)=C(C(F)(F)F)O[C@@H]2C(=O)c2ccccc2)cc1. The number of hydrogen-bond acceptors (Lipinski definition) is 5. The summed E-state index contributed by atoms with van der Waals surface area (Å²) in [6.07, 6.45) is -6.89. The van der Waals surface area contributed by atoms with E-state index in [1.165, 1.54) is 67.8 Å². The number of ketones is 1. The molecule has 9 heteroatoms. The average molecular weight is 503 g/mol. The first-order chi connectivity index (χ1) is 16.5. The molecule has 0 aromatic heterocycles. The summed E-state index contributed by atoms with van der Waals surface area (Å²) in [6, 6.07) is 19.0. The van der Waals surface area contributed by atoms with Gasteiger partial charge in [-0.1, -0.05) is 60.2 Å². The third kappa shape index (κ3) is 4.68. The molecule has 1 aliphatic rings. The number of methoxy groups -OCH3 is 1. The summed E-state index contributed by atoms with van der Waals surface area (Å²) in [7, 11) is -3.28. The third-order valence-electron chi connectivity index (χ3n) is 5.72. The van der Waals surface area contributed by atoms with E-state index in [9.17, 15) is 26.4 Å². The molecule has 4 rings (SSSR count). The summed E-state index contributed by atoms with van der Waals surface area (Å²) in [5.74, 6) is -3.56. The lowest BCUT2D eigenvalue weighted by atomic mass is 9.89. The van der Waals surface area contributed by atoms with Crippen LogP contribution in [0, 0.1) is 6.92 Å². The molecule has 35 heavy (non-hydrogen) atoms. The predicted molar refractivity (Wildman–Crippen MR) is 123 cm³/mol. The number of ether oxygens (including phenoxy) is 2. The van der Waals surface area contributed by atoms with Crippen LogP contribution in [0.3, 0.4) is 0 Å². The largest absolute Gasteiger partial charge is 0.497 e. The van der Waals surface area contributed by atoms with Crippen LogP contribution in [0.2, 0.25) is 0 Å². The van der Waals surface area contributed by atoms with E-state index in [0.29, 0.717) is 5.75 Å². The molecule has 0 saturated carbocycles. The van der Waals surface area contributed by atoms with Crippen molar-refractivity contribution < 1.29 is 35.9 Å². The van der Waals surface area contributed by atoms with Gasteiger partial charge in [-0.15, -0.1) is 0 Å². The normalized spacial score (nSPS) is 18.3. The third-order valence-corrected chi connectivity index (χ3v) is 7.63. The molecule has 0 radical (unpaired) electrons.